The number of rotatable bonds is 6. The van der Waals surface area contributed by atoms with Crippen LogP contribution in [0, 0.1) is 0 Å². The zero-order chi connectivity index (χ0) is 22.9. The van der Waals surface area contributed by atoms with Crippen LogP contribution in [0.15, 0.2) is 30.7 Å². The molecule has 0 radical (unpaired) electrons. The minimum Gasteiger partial charge on any atom is -0.495 e. The molecule has 2 aromatic heterocycles. The van der Waals surface area contributed by atoms with Gasteiger partial charge >= 0.3 is 5.97 Å². The van der Waals surface area contributed by atoms with Gasteiger partial charge in [0.25, 0.3) is 0 Å². The summed E-state index contributed by atoms with van der Waals surface area (Å²) in [6, 6.07) is 5.59. The second-order valence-corrected chi connectivity index (χ2v) is 8.26. The Morgan fingerprint density at radius 1 is 1.24 bits per heavy atom. The summed E-state index contributed by atoms with van der Waals surface area (Å²) in [5.74, 6) is 2.34. The number of anilines is 3. The number of ether oxygens (including phenoxy) is 2. The topological polar surface area (TPSA) is 107 Å². The van der Waals surface area contributed by atoms with Crippen molar-refractivity contribution >= 4 is 23.4 Å². The Bertz CT molecular complexity index is 1170. The van der Waals surface area contributed by atoms with Gasteiger partial charge in [-0.25, -0.2) is 9.78 Å². The van der Waals surface area contributed by atoms with Crippen LogP contribution in [0.1, 0.15) is 61.3 Å². The van der Waals surface area contributed by atoms with Crippen LogP contribution >= 0.6 is 0 Å². The Balaban J connectivity index is 1.54. The third-order valence-corrected chi connectivity index (χ3v) is 6.44. The molecule has 1 fully saturated rings. The maximum Gasteiger partial charge on any atom is 0.337 e. The lowest BCUT2D eigenvalue weighted by atomic mass is 10.0. The normalized spacial score (nSPS) is 17.4. The fourth-order valence-electron chi connectivity index (χ4n) is 4.86. The smallest absolute Gasteiger partial charge is 0.337 e. The first-order chi connectivity index (χ1) is 16.1. The molecule has 2 aliphatic rings. The lowest BCUT2D eigenvalue weighted by molar-refractivity contribution is 0.0600. The number of benzene rings is 1. The number of methoxy groups -OCH3 is 2. The Morgan fingerprint density at radius 2 is 2.06 bits per heavy atom. The molecule has 3 aromatic rings. The van der Waals surface area contributed by atoms with Gasteiger partial charge < -0.3 is 19.7 Å². The Morgan fingerprint density at radius 3 is 2.79 bits per heavy atom. The predicted octanol–water partition coefficient (Wildman–Crippen LogP) is 3.81. The highest BCUT2D eigenvalue weighted by molar-refractivity contribution is 5.91. The summed E-state index contributed by atoms with van der Waals surface area (Å²) in [5.41, 5.74) is 1.94. The van der Waals surface area contributed by atoms with Crippen LogP contribution in [0.3, 0.4) is 0 Å². The first kappa shape index (κ1) is 21.2. The lowest BCUT2D eigenvalue weighted by Crippen LogP contribution is -2.42. The molecule has 1 atom stereocenters. The number of carbonyl (C=O) groups is 1. The Hall–Kier alpha value is -3.69. The van der Waals surface area contributed by atoms with E-state index in [0.717, 1.165) is 36.6 Å². The molecule has 172 valence electrons. The van der Waals surface area contributed by atoms with Crippen LogP contribution in [-0.4, -0.2) is 51.0 Å². The number of nitrogens with one attached hydrogen (secondary N) is 1. The molecule has 1 unspecified atom stereocenters. The molecule has 0 spiro atoms. The van der Waals surface area contributed by atoms with Crippen molar-refractivity contribution < 1.29 is 14.3 Å². The molecule has 0 amide bonds. The van der Waals surface area contributed by atoms with E-state index in [2.05, 4.69) is 32.3 Å². The molecule has 1 aliphatic carbocycles. The second kappa shape index (κ2) is 8.68. The quantitative estimate of drug-likeness (QED) is 0.562. The van der Waals surface area contributed by atoms with Crippen LogP contribution in [0.5, 0.6) is 5.75 Å². The number of fused-ring (bicyclic) bond motifs is 3. The minimum atomic E-state index is -0.424. The van der Waals surface area contributed by atoms with E-state index in [1.807, 2.05) is 4.57 Å². The van der Waals surface area contributed by atoms with Gasteiger partial charge in [-0.2, -0.15) is 4.98 Å². The molecule has 1 N–H and O–H groups in total. The molecular formula is C23H27N7O3. The highest BCUT2D eigenvalue weighted by Crippen LogP contribution is 2.43. The van der Waals surface area contributed by atoms with Gasteiger partial charge in [-0.15, -0.1) is 10.2 Å². The second-order valence-electron chi connectivity index (χ2n) is 8.26. The summed E-state index contributed by atoms with van der Waals surface area (Å²) >= 11 is 0. The van der Waals surface area contributed by atoms with Gasteiger partial charge in [0.15, 0.2) is 11.6 Å². The number of nitrogens with zero attached hydrogens (tertiary/aromatic N) is 6. The Labute approximate surface area is 192 Å². The first-order valence-electron chi connectivity index (χ1n) is 11.2. The third kappa shape index (κ3) is 3.65. The zero-order valence-electron chi connectivity index (χ0n) is 19.0. The molecular weight excluding hydrogens is 422 g/mol. The monoisotopic (exact) mass is 449 g/mol. The summed E-state index contributed by atoms with van der Waals surface area (Å²) < 4.78 is 12.3. The largest absolute Gasteiger partial charge is 0.495 e. The maximum absolute atomic E-state index is 11.9. The minimum absolute atomic E-state index is 0.111. The van der Waals surface area contributed by atoms with Crippen molar-refractivity contribution in [2.75, 3.05) is 24.4 Å². The number of carbonyl (C=O) groups excluding carboxylic acids is 1. The molecule has 0 bridgehead atoms. The number of hydrogen-bond donors (Lipinski definition) is 1. The molecule has 10 heteroatoms. The molecule has 1 aromatic carbocycles. The van der Waals surface area contributed by atoms with Crippen molar-refractivity contribution in [1.82, 2.24) is 24.7 Å². The van der Waals surface area contributed by atoms with E-state index < -0.39 is 5.97 Å². The molecule has 0 saturated heterocycles. The number of aromatic nitrogens is 5. The molecule has 1 saturated carbocycles. The summed E-state index contributed by atoms with van der Waals surface area (Å²) in [6.45, 7) is 2.17. The van der Waals surface area contributed by atoms with E-state index in [9.17, 15) is 4.79 Å². The van der Waals surface area contributed by atoms with Gasteiger partial charge in [-0.05, 0) is 37.5 Å². The van der Waals surface area contributed by atoms with Crippen LogP contribution < -0.4 is 15.0 Å². The van der Waals surface area contributed by atoms with Gasteiger partial charge in [0, 0.05) is 6.04 Å². The average Bonchev–Trinajstić information content (AvgIpc) is 3.55. The van der Waals surface area contributed by atoms with Crippen LogP contribution in [0.4, 0.5) is 17.5 Å². The van der Waals surface area contributed by atoms with Gasteiger partial charge in [0.05, 0.1) is 37.7 Å². The third-order valence-electron chi connectivity index (χ3n) is 6.44. The zero-order valence-corrected chi connectivity index (χ0v) is 19.0. The molecule has 5 rings (SSSR count). The van der Waals surface area contributed by atoms with Crippen molar-refractivity contribution in [2.45, 2.75) is 51.1 Å². The SMILES string of the molecule is CCC1c2nncn2-c2cnc(Nc3ccc(C(=O)OC)cc3OC)nc2N1C1CCCC1. The van der Waals surface area contributed by atoms with Gasteiger partial charge in [0.2, 0.25) is 5.95 Å². The van der Waals surface area contributed by atoms with E-state index >= 15 is 0 Å². The fraction of sp³-hybridized carbons (Fsp3) is 0.435. The van der Waals surface area contributed by atoms with Crippen LogP contribution in [0.25, 0.3) is 5.69 Å². The summed E-state index contributed by atoms with van der Waals surface area (Å²) in [4.78, 5) is 23.8. The van der Waals surface area contributed by atoms with Crippen LogP contribution in [0.2, 0.25) is 0 Å². The highest BCUT2D eigenvalue weighted by Gasteiger charge is 2.38. The average molecular weight is 450 g/mol. The van der Waals surface area contributed by atoms with E-state index in [1.165, 1.54) is 20.0 Å². The molecule has 10 nitrogen and oxygen atoms in total. The fourth-order valence-corrected chi connectivity index (χ4v) is 4.86. The maximum atomic E-state index is 11.9. The van der Waals surface area contributed by atoms with Gasteiger partial charge in [0.1, 0.15) is 17.8 Å². The van der Waals surface area contributed by atoms with Gasteiger partial charge in [-0.3, -0.25) is 4.57 Å². The van der Waals surface area contributed by atoms with Crippen molar-refractivity contribution in [1.29, 1.82) is 0 Å². The van der Waals surface area contributed by atoms with Gasteiger partial charge in [-0.1, -0.05) is 19.8 Å². The standard InChI is InChI=1S/C23H27N7O3/c1-4-17-21-28-25-13-29(21)18-12-24-23(27-20(18)30(17)15-7-5-6-8-15)26-16-10-9-14(22(31)33-3)11-19(16)32-2/h9-13,15,17H,4-8H2,1-3H3,(H,24,26,27). The van der Waals surface area contributed by atoms with Crippen molar-refractivity contribution in [3.63, 3.8) is 0 Å². The molecule has 33 heavy (non-hydrogen) atoms. The van der Waals surface area contributed by atoms with E-state index in [1.54, 1.807) is 37.8 Å². The molecule has 1 aliphatic heterocycles. The number of hydrogen-bond acceptors (Lipinski definition) is 9. The molecule has 3 heterocycles. The van der Waals surface area contributed by atoms with Crippen molar-refractivity contribution in [3.8, 4) is 11.4 Å². The summed E-state index contributed by atoms with van der Waals surface area (Å²) in [6.07, 6.45) is 9.16. The van der Waals surface area contributed by atoms with Crippen molar-refractivity contribution in [2.24, 2.45) is 0 Å². The van der Waals surface area contributed by atoms with E-state index in [4.69, 9.17) is 14.5 Å². The van der Waals surface area contributed by atoms with Crippen LogP contribution in [-0.2, 0) is 4.74 Å². The number of esters is 1. The highest BCUT2D eigenvalue weighted by atomic mass is 16.5. The van der Waals surface area contributed by atoms with E-state index in [0.29, 0.717) is 29.0 Å². The first-order valence-corrected chi connectivity index (χ1v) is 11.2. The Kier molecular flexibility index (Phi) is 5.57. The van der Waals surface area contributed by atoms with E-state index in [-0.39, 0.29) is 6.04 Å². The summed E-state index contributed by atoms with van der Waals surface area (Å²) in [5, 5.41) is 11.8. The predicted molar refractivity (Wildman–Crippen MR) is 122 cm³/mol. The lowest BCUT2D eigenvalue weighted by Gasteiger charge is -2.40. The summed E-state index contributed by atoms with van der Waals surface area (Å²) in [7, 11) is 2.90. The van der Waals surface area contributed by atoms with Crippen molar-refractivity contribution in [3.05, 3.63) is 42.1 Å².